The summed E-state index contributed by atoms with van der Waals surface area (Å²) >= 11 is 11.7. The van der Waals surface area contributed by atoms with Gasteiger partial charge in [0, 0.05) is 5.02 Å². The summed E-state index contributed by atoms with van der Waals surface area (Å²) < 4.78 is 0. The number of carbonyl (C=O) groups excluding carboxylic acids is 1. The van der Waals surface area contributed by atoms with Crippen molar-refractivity contribution in [1.29, 1.82) is 0 Å². The predicted molar refractivity (Wildman–Crippen MR) is 64.0 cm³/mol. The highest BCUT2D eigenvalue weighted by Crippen LogP contribution is 2.28. The van der Waals surface area contributed by atoms with E-state index in [9.17, 15) is 4.79 Å². The van der Waals surface area contributed by atoms with Crippen LogP contribution in [0.3, 0.4) is 0 Å². The number of azo groups is 1. The fourth-order valence-corrected chi connectivity index (χ4v) is 1.52. The number of hydrogen-bond donors (Lipinski definition) is 0. The number of rotatable bonds is 2. The van der Waals surface area contributed by atoms with Crippen molar-refractivity contribution in [2.75, 3.05) is 0 Å². The van der Waals surface area contributed by atoms with Crippen LogP contribution in [0, 0.1) is 0 Å². The average molecular weight is 272 g/mol. The maximum Gasteiger partial charge on any atom is 0.367 e. The lowest BCUT2D eigenvalue weighted by molar-refractivity contribution is -0.141. The summed E-state index contributed by atoms with van der Waals surface area (Å²) in [6, 6.07) is 4.00. The molecule has 1 aromatic rings. The monoisotopic (exact) mass is 271 g/mol. The highest BCUT2D eigenvalue weighted by molar-refractivity contribution is 6.35. The van der Waals surface area contributed by atoms with E-state index in [2.05, 4.69) is 20.2 Å². The smallest absolute Gasteiger partial charge is 0.315 e. The number of hydrogen-bond acceptors (Lipinski definition) is 5. The van der Waals surface area contributed by atoms with Gasteiger partial charge in [-0.2, -0.15) is 10.2 Å². The van der Waals surface area contributed by atoms with E-state index in [1.807, 2.05) is 0 Å². The lowest BCUT2D eigenvalue weighted by Gasteiger charge is -1.99. The fourth-order valence-electron chi connectivity index (χ4n) is 1.20. The molecule has 1 heterocycles. The van der Waals surface area contributed by atoms with Gasteiger partial charge in [-0.15, -0.1) is 0 Å². The Morgan fingerprint density at radius 1 is 1.41 bits per heavy atom. The highest BCUT2D eigenvalue weighted by Gasteiger charge is 2.29. The Hall–Kier alpha value is -1.46. The molecule has 0 N–H and O–H groups in total. The summed E-state index contributed by atoms with van der Waals surface area (Å²) in [5.74, 6) is -0.551. The van der Waals surface area contributed by atoms with Crippen molar-refractivity contribution in [3.63, 3.8) is 0 Å². The van der Waals surface area contributed by atoms with Crippen LogP contribution in [0.15, 0.2) is 33.6 Å². The van der Waals surface area contributed by atoms with Gasteiger partial charge in [0.1, 0.15) is 5.69 Å². The first-order valence-electron chi connectivity index (χ1n) is 4.69. The van der Waals surface area contributed by atoms with Crippen LogP contribution in [0.2, 0.25) is 10.0 Å². The van der Waals surface area contributed by atoms with E-state index in [4.69, 9.17) is 23.2 Å². The number of carbonyl (C=O) groups is 1. The number of oxime groups is 1. The second kappa shape index (κ2) is 4.81. The van der Waals surface area contributed by atoms with Crippen LogP contribution in [0.5, 0.6) is 0 Å². The van der Waals surface area contributed by atoms with Gasteiger partial charge in [0.15, 0.2) is 0 Å². The van der Waals surface area contributed by atoms with Gasteiger partial charge in [0.05, 0.1) is 10.7 Å². The van der Waals surface area contributed by atoms with Crippen LogP contribution in [-0.2, 0) is 9.63 Å². The Bertz CT molecular complexity index is 528. The van der Waals surface area contributed by atoms with Gasteiger partial charge in [-0.3, -0.25) is 0 Å². The lowest BCUT2D eigenvalue weighted by atomic mass is 10.2. The zero-order valence-electron chi connectivity index (χ0n) is 8.72. The van der Waals surface area contributed by atoms with Crippen molar-refractivity contribution in [2.45, 2.75) is 13.0 Å². The van der Waals surface area contributed by atoms with Crippen molar-refractivity contribution < 1.29 is 9.63 Å². The second-order valence-electron chi connectivity index (χ2n) is 3.36. The summed E-state index contributed by atoms with van der Waals surface area (Å²) in [5.41, 5.74) is 0.851. The first kappa shape index (κ1) is 12.0. The van der Waals surface area contributed by atoms with E-state index >= 15 is 0 Å². The zero-order chi connectivity index (χ0) is 12.4. The minimum atomic E-state index is -0.801. The molecule has 17 heavy (non-hydrogen) atoms. The Kier molecular flexibility index (Phi) is 3.40. The summed E-state index contributed by atoms with van der Waals surface area (Å²) in [4.78, 5) is 15.7. The van der Waals surface area contributed by atoms with E-state index in [1.165, 1.54) is 0 Å². The molecule has 7 heteroatoms. The van der Waals surface area contributed by atoms with Gasteiger partial charge < -0.3 is 4.84 Å². The Morgan fingerprint density at radius 3 is 2.82 bits per heavy atom. The summed E-state index contributed by atoms with van der Waals surface area (Å²) in [6.07, 6.45) is 0. The summed E-state index contributed by atoms with van der Waals surface area (Å²) in [5, 5.41) is 12.1. The molecule has 0 aromatic heterocycles. The maximum absolute atomic E-state index is 11.2. The van der Waals surface area contributed by atoms with Gasteiger partial charge in [0.2, 0.25) is 6.04 Å². The topological polar surface area (TPSA) is 63.4 Å². The van der Waals surface area contributed by atoms with E-state index < -0.39 is 12.0 Å². The predicted octanol–water partition coefficient (Wildman–Crippen LogP) is 3.38. The molecular weight excluding hydrogens is 265 g/mol. The van der Waals surface area contributed by atoms with Crippen molar-refractivity contribution in [2.24, 2.45) is 15.4 Å². The summed E-state index contributed by atoms with van der Waals surface area (Å²) in [6.45, 7) is 1.63. The van der Waals surface area contributed by atoms with Crippen LogP contribution < -0.4 is 0 Å². The van der Waals surface area contributed by atoms with Crippen molar-refractivity contribution in [3.8, 4) is 0 Å². The van der Waals surface area contributed by atoms with Crippen LogP contribution in [0.1, 0.15) is 6.92 Å². The first-order chi connectivity index (χ1) is 8.08. The molecule has 0 radical (unpaired) electrons. The molecule has 0 amide bonds. The molecule has 0 spiro atoms. The average Bonchev–Trinajstić information content (AvgIpc) is 2.61. The number of nitrogens with zero attached hydrogens (tertiary/aromatic N) is 3. The zero-order valence-corrected chi connectivity index (χ0v) is 10.2. The minimum absolute atomic E-state index is 0.395. The number of halogens is 2. The maximum atomic E-state index is 11.2. The number of benzene rings is 1. The van der Waals surface area contributed by atoms with E-state index in [0.29, 0.717) is 21.4 Å². The second-order valence-corrected chi connectivity index (χ2v) is 4.20. The quantitative estimate of drug-likeness (QED) is 0.612. The summed E-state index contributed by atoms with van der Waals surface area (Å²) in [7, 11) is 0. The fraction of sp³-hybridized carbons (Fsp3) is 0.200. The first-order valence-corrected chi connectivity index (χ1v) is 5.45. The van der Waals surface area contributed by atoms with E-state index in [-0.39, 0.29) is 0 Å². The van der Waals surface area contributed by atoms with Crippen molar-refractivity contribution in [1.82, 2.24) is 0 Å². The molecule has 0 saturated heterocycles. The van der Waals surface area contributed by atoms with E-state index in [1.54, 1.807) is 25.1 Å². The Balaban J connectivity index is 2.23. The third-order valence-electron chi connectivity index (χ3n) is 2.09. The SMILES string of the molecule is CC1=NOC(=O)C1N=Nc1cc(Cl)ccc1Cl. The van der Waals surface area contributed by atoms with Crippen LogP contribution in [-0.4, -0.2) is 17.7 Å². The molecule has 1 aliphatic heterocycles. The third kappa shape index (κ3) is 2.62. The molecule has 0 bridgehead atoms. The van der Waals surface area contributed by atoms with Crippen LogP contribution in [0.25, 0.3) is 0 Å². The molecule has 2 rings (SSSR count). The Labute approximate surface area is 107 Å². The molecule has 1 aromatic carbocycles. The van der Waals surface area contributed by atoms with Gasteiger partial charge >= 0.3 is 5.97 Å². The van der Waals surface area contributed by atoms with Gasteiger partial charge in [0.25, 0.3) is 0 Å². The molecule has 1 unspecified atom stereocenters. The van der Waals surface area contributed by atoms with E-state index in [0.717, 1.165) is 0 Å². The molecule has 0 fully saturated rings. The molecule has 5 nitrogen and oxygen atoms in total. The molecule has 0 aliphatic carbocycles. The molecular formula is C10H7Cl2N3O2. The van der Waals surface area contributed by atoms with Crippen molar-refractivity contribution >= 4 is 40.6 Å². The van der Waals surface area contributed by atoms with Gasteiger partial charge in [-0.25, -0.2) is 4.79 Å². The molecule has 0 saturated carbocycles. The molecule has 88 valence electrons. The van der Waals surface area contributed by atoms with Crippen LogP contribution in [0.4, 0.5) is 5.69 Å². The van der Waals surface area contributed by atoms with Crippen molar-refractivity contribution in [3.05, 3.63) is 28.2 Å². The largest absolute Gasteiger partial charge is 0.367 e. The highest BCUT2D eigenvalue weighted by atomic mass is 35.5. The van der Waals surface area contributed by atoms with Gasteiger partial charge in [-0.1, -0.05) is 28.4 Å². The normalized spacial score (nSPS) is 19.6. The minimum Gasteiger partial charge on any atom is -0.315 e. The lowest BCUT2D eigenvalue weighted by Crippen LogP contribution is -2.19. The third-order valence-corrected chi connectivity index (χ3v) is 2.64. The van der Waals surface area contributed by atoms with Gasteiger partial charge in [-0.05, 0) is 25.1 Å². The standard InChI is InChI=1S/C10H7Cl2N3O2/c1-5-9(10(16)17-15-5)14-13-8-4-6(11)2-3-7(8)12/h2-4,9H,1H3. The molecule has 1 atom stereocenters. The Morgan fingerprint density at radius 2 is 2.18 bits per heavy atom. The molecule has 1 aliphatic rings. The van der Waals surface area contributed by atoms with Crippen LogP contribution >= 0.6 is 23.2 Å².